The summed E-state index contributed by atoms with van der Waals surface area (Å²) in [7, 11) is 0. The number of unbranched alkanes of at least 4 members (excludes halogenated alkanes) is 2. The van der Waals surface area contributed by atoms with Crippen LogP contribution in [-0.2, 0) is 4.79 Å². The van der Waals surface area contributed by atoms with E-state index in [-0.39, 0.29) is 17.5 Å². The number of rotatable bonds is 10. The van der Waals surface area contributed by atoms with E-state index >= 15 is 0 Å². The van der Waals surface area contributed by atoms with E-state index in [0.29, 0.717) is 36.1 Å². The van der Waals surface area contributed by atoms with Crippen molar-refractivity contribution in [1.82, 2.24) is 14.5 Å². The lowest BCUT2D eigenvalue weighted by atomic mass is 10.1. The lowest BCUT2D eigenvalue weighted by Gasteiger charge is -2.32. The Morgan fingerprint density at radius 3 is 2.47 bits per heavy atom. The van der Waals surface area contributed by atoms with Crippen molar-refractivity contribution < 1.29 is 4.79 Å². The van der Waals surface area contributed by atoms with Gasteiger partial charge in [0, 0.05) is 13.0 Å². The molecule has 0 radical (unpaired) electrons. The first kappa shape index (κ1) is 23.7. The molecule has 32 heavy (non-hydrogen) atoms. The Morgan fingerprint density at radius 2 is 1.78 bits per heavy atom. The highest BCUT2D eigenvalue weighted by Crippen LogP contribution is 2.27. The summed E-state index contributed by atoms with van der Waals surface area (Å²) in [6, 6.07) is 15.1. The zero-order valence-corrected chi connectivity index (χ0v) is 19.8. The molecular formula is C27H35N3O2. The van der Waals surface area contributed by atoms with E-state index in [2.05, 4.69) is 20.8 Å². The molecule has 3 rings (SSSR count). The number of carbonyl (C=O) groups is 1. The molecule has 5 heteroatoms. The second-order valence-electron chi connectivity index (χ2n) is 8.44. The molecule has 1 aromatic heterocycles. The van der Waals surface area contributed by atoms with E-state index in [1.807, 2.05) is 60.4 Å². The maximum absolute atomic E-state index is 13.7. The van der Waals surface area contributed by atoms with Crippen molar-refractivity contribution in [2.24, 2.45) is 0 Å². The summed E-state index contributed by atoms with van der Waals surface area (Å²) >= 11 is 0. The average molecular weight is 434 g/mol. The molecule has 1 amide bonds. The fourth-order valence-electron chi connectivity index (χ4n) is 4.19. The molecule has 0 N–H and O–H groups in total. The number of aryl methyl sites for hydroxylation is 1. The van der Waals surface area contributed by atoms with Gasteiger partial charge in [0.25, 0.3) is 5.56 Å². The largest absolute Gasteiger partial charge is 0.333 e. The van der Waals surface area contributed by atoms with Crippen LogP contribution < -0.4 is 5.56 Å². The predicted octanol–water partition coefficient (Wildman–Crippen LogP) is 5.96. The number of aromatic nitrogens is 2. The van der Waals surface area contributed by atoms with Gasteiger partial charge in [-0.1, -0.05) is 57.9 Å². The van der Waals surface area contributed by atoms with Crippen molar-refractivity contribution in [3.8, 4) is 5.69 Å². The third-order valence-electron chi connectivity index (χ3n) is 5.94. The van der Waals surface area contributed by atoms with Gasteiger partial charge in [-0.05, 0) is 56.0 Å². The van der Waals surface area contributed by atoms with Crippen molar-refractivity contribution in [2.45, 2.75) is 72.3 Å². The highest BCUT2D eigenvalue weighted by molar-refractivity contribution is 5.79. The van der Waals surface area contributed by atoms with Gasteiger partial charge in [-0.2, -0.15) is 0 Å². The van der Waals surface area contributed by atoms with E-state index in [0.717, 1.165) is 36.9 Å². The van der Waals surface area contributed by atoms with E-state index in [1.165, 1.54) is 0 Å². The molecule has 2 aromatic carbocycles. The van der Waals surface area contributed by atoms with E-state index < -0.39 is 0 Å². The van der Waals surface area contributed by atoms with Gasteiger partial charge in [0.15, 0.2) is 0 Å². The minimum atomic E-state index is -0.260. The summed E-state index contributed by atoms with van der Waals surface area (Å²) in [4.78, 5) is 33.9. The first-order chi connectivity index (χ1) is 15.5. The van der Waals surface area contributed by atoms with Gasteiger partial charge in [0.1, 0.15) is 5.82 Å². The number of nitrogens with zero attached hydrogens (tertiary/aromatic N) is 3. The number of fused-ring (bicyclic) bond motifs is 1. The van der Waals surface area contributed by atoms with E-state index in [9.17, 15) is 9.59 Å². The third kappa shape index (κ3) is 5.09. The summed E-state index contributed by atoms with van der Waals surface area (Å²) in [6.07, 6.45) is 5.00. The SMILES string of the molecule is CCCCC(=O)N(CCCC)C(CC)c1nc2ccccc2c(=O)n1-c1cccc(C)c1. The molecular weight excluding hydrogens is 398 g/mol. The van der Waals surface area contributed by atoms with Crippen LogP contribution in [0.15, 0.2) is 53.3 Å². The van der Waals surface area contributed by atoms with Crippen molar-refractivity contribution >= 4 is 16.8 Å². The number of amides is 1. The highest BCUT2D eigenvalue weighted by Gasteiger charge is 2.28. The minimum Gasteiger partial charge on any atom is -0.333 e. The molecule has 0 bridgehead atoms. The molecule has 3 aromatic rings. The maximum Gasteiger partial charge on any atom is 0.266 e. The topological polar surface area (TPSA) is 55.2 Å². The summed E-state index contributed by atoms with van der Waals surface area (Å²) in [5, 5.41) is 0.588. The van der Waals surface area contributed by atoms with Crippen LogP contribution in [0.1, 0.15) is 76.7 Å². The van der Waals surface area contributed by atoms with Crippen molar-refractivity contribution in [3.63, 3.8) is 0 Å². The Kier molecular flexibility index (Phi) is 8.20. The van der Waals surface area contributed by atoms with E-state index in [4.69, 9.17) is 4.98 Å². The monoisotopic (exact) mass is 433 g/mol. The lowest BCUT2D eigenvalue weighted by Crippen LogP contribution is -2.39. The van der Waals surface area contributed by atoms with Crippen LogP contribution in [0, 0.1) is 6.92 Å². The van der Waals surface area contributed by atoms with Crippen molar-refractivity contribution in [3.05, 3.63) is 70.3 Å². The molecule has 0 saturated carbocycles. The van der Waals surface area contributed by atoms with Gasteiger partial charge in [-0.25, -0.2) is 4.98 Å². The van der Waals surface area contributed by atoms with Gasteiger partial charge >= 0.3 is 0 Å². The molecule has 170 valence electrons. The number of hydrogen-bond acceptors (Lipinski definition) is 3. The number of carbonyl (C=O) groups excluding carboxylic acids is 1. The second kappa shape index (κ2) is 11.1. The van der Waals surface area contributed by atoms with Crippen LogP contribution in [-0.4, -0.2) is 26.9 Å². The molecule has 1 unspecified atom stereocenters. The minimum absolute atomic E-state index is 0.0916. The van der Waals surface area contributed by atoms with Crippen LogP contribution >= 0.6 is 0 Å². The predicted molar refractivity (Wildman–Crippen MR) is 131 cm³/mol. The first-order valence-electron chi connectivity index (χ1n) is 11.9. The molecule has 0 fully saturated rings. The normalized spacial score (nSPS) is 12.1. The number of para-hydroxylation sites is 1. The van der Waals surface area contributed by atoms with Crippen molar-refractivity contribution in [2.75, 3.05) is 6.54 Å². The van der Waals surface area contributed by atoms with Crippen LogP contribution in [0.3, 0.4) is 0 Å². The smallest absolute Gasteiger partial charge is 0.266 e. The van der Waals surface area contributed by atoms with Crippen molar-refractivity contribution in [1.29, 1.82) is 0 Å². The molecule has 1 atom stereocenters. The summed E-state index contributed by atoms with van der Waals surface area (Å²) < 4.78 is 1.72. The van der Waals surface area contributed by atoms with Gasteiger partial charge in [0.2, 0.25) is 5.91 Å². The molecule has 0 aliphatic rings. The number of hydrogen-bond donors (Lipinski definition) is 0. The molecule has 0 aliphatic carbocycles. The first-order valence-corrected chi connectivity index (χ1v) is 11.9. The average Bonchev–Trinajstić information content (AvgIpc) is 2.80. The summed E-state index contributed by atoms with van der Waals surface area (Å²) in [6.45, 7) is 8.99. The zero-order valence-electron chi connectivity index (χ0n) is 19.8. The van der Waals surface area contributed by atoms with Crippen LogP contribution in [0.5, 0.6) is 0 Å². The second-order valence-corrected chi connectivity index (χ2v) is 8.44. The van der Waals surface area contributed by atoms with Gasteiger partial charge in [-0.3, -0.25) is 14.2 Å². The molecule has 0 aliphatic heterocycles. The zero-order chi connectivity index (χ0) is 23.1. The Bertz CT molecular complexity index is 1120. The lowest BCUT2D eigenvalue weighted by molar-refractivity contribution is -0.134. The Hall–Kier alpha value is -2.95. The summed E-state index contributed by atoms with van der Waals surface area (Å²) in [5.41, 5.74) is 2.44. The van der Waals surface area contributed by atoms with Crippen LogP contribution in [0.4, 0.5) is 0 Å². The fourth-order valence-corrected chi connectivity index (χ4v) is 4.19. The Balaban J connectivity index is 2.24. The fraction of sp³-hybridized carbons (Fsp3) is 0.444. The Morgan fingerprint density at radius 1 is 1.03 bits per heavy atom. The van der Waals surface area contributed by atoms with Crippen LogP contribution in [0.2, 0.25) is 0 Å². The van der Waals surface area contributed by atoms with Gasteiger partial charge in [0.05, 0.1) is 22.6 Å². The third-order valence-corrected chi connectivity index (χ3v) is 5.94. The number of benzene rings is 2. The standard InChI is InChI=1S/C27H35N3O2/c1-5-8-17-25(31)29(18-9-6-2)24(7-3)26-28-23-16-11-10-15-22(23)27(32)30(26)21-14-12-13-20(4)19-21/h10-16,19,24H,5-9,17-18H2,1-4H3. The molecule has 5 nitrogen and oxygen atoms in total. The molecule has 0 saturated heterocycles. The Labute approximate surface area is 191 Å². The quantitative estimate of drug-likeness (QED) is 0.396. The molecule has 1 heterocycles. The van der Waals surface area contributed by atoms with E-state index in [1.54, 1.807) is 4.57 Å². The van der Waals surface area contributed by atoms with Gasteiger partial charge in [-0.15, -0.1) is 0 Å². The maximum atomic E-state index is 13.7. The van der Waals surface area contributed by atoms with Crippen LogP contribution in [0.25, 0.3) is 16.6 Å². The van der Waals surface area contributed by atoms with Gasteiger partial charge < -0.3 is 4.90 Å². The molecule has 0 spiro atoms. The summed E-state index contributed by atoms with van der Waals surface area (Å²) in [5.74, 6) is 0.785. The highest BCUT2D eigenvalue weighted by atomic mass is 16.2.